The molecule has 1 N–H and O–H groups in total. The molecule has 2 rings (SSSR count). The van der Waals surface area contributed by atoms with Crippen molar-refractivity contribution in [2.24, 2.45) is 0 Å². The number of pyridine rings is 1. The Balaban J connectivity index is 2.31. The summed E-state index contributed by atoms with van der Waals surface area (Å²) in [7, 11) is 1.48. The van der Waals surface area contributed by atoms with Crippen molar-refractivity contribution in [1.82, 2.24) is 4.98 Å². The molecule has 0 spiro atoms. The van der Waals surface area contributed by atoms with Crippen LogP contribution in [0.1, 0.15) is 21.5 Å². The lowest BCUT2D eigenvalue weighted by Crippen LogP contribution is -2.14. The molecule has 20 heavy (non-hydrogen) atoms. The van der Waals surface area contributed by atoms with Crippen molar-refractivity contribution in [2.75, 3.05) is 12.4 Å². The third kappa shape index (κ3) is 3.08. The monoisotopic (exact) mass is 290 g/mol. The number of aryl methyl sites for hydroxylation is 2. The number of nitrogens with zero attached hydrogens (tertiary/aromatic N) is 1. The number of hydrogen-bond donors (Lipinski definition) is 1. The van der Waals surface area contributed by atoms with E-state index in [0.717, 1.165) is 16.8 Å². The maximum atomic E-state index is 12.3. The van der Waals surface area contributed by atoms with Crippen LogP contribution in [-0.2, 0) is 0 Å². The average Bonchev–Trinajstić information content (AvgIpc) is 2.42. The molecule has 0 saturated heterocycles. The smallest absolute Gasteiger partial charge is 0.255 e. The molecule has 0 aliphatic carbocycles. The highest BCUT2D eigenvalue weighted by atomic mass is 35.5. The molecule has 0 aliphatic rings. The number of amides is 1. The number of benzene rings is 1. The molecule has 4 nitrogen and oxygen atoms in total. The number of hydrogen-bond acceptors (Lipinski definition) is 3. The molecule has 0 unspecified atom stereocenters. The van der Waals surface area contributed by atoms with E-state index in [1.165, 1.54) is 13.2 Å². The van der Waals surface area contributed by atoms with Gasteiger partial charge in [-0.3, -0.25) is 4.79 Å². The van der Waals surface area contributed by atoms with Crippen LogP contribution < -0.4 is 10.1 Å². The predicted molar refractivity (Wildman–Crippen MR) is 79.7 cm³/mol. The molecule has 0 fully saturated rings. The number of halogens is 1. The Bertz CT molecular complexity index is 636. The van der Waals surface area contributed by atoms with Crippen molar-refractivity contribution in [3.63, 3.8) is 0 Å². The molecule has 104 valence electrons. The lowest BCUT2D eigenvalue weighted by atomic mass is 10.1. The summed E-state index contributed by atoms with van der Waals surface area (Å²) in [4.78, 5) is 16.2. The first-order valence-electron chi connectivity index (χ1n) is 6.10. The van der Waals surface area contributed by atoms with Crippen LogP contribution in [0.4, 0.5) is 5.69 Å². The van der Waals surface area contributed by atoms with E-state index in [1.807, 2.05) is 32.0 Å². The van der Waals surface area contributed by atoms with Gasteiger partial charge in [0.1, 0.15) is 5.15 Å². The van der Waals surface area contributed by atoms with Gasteiger partial charge in [-0.15, -0.1) is 0 Å². The van der Waals surface area contributed by atoms with Gasteiger partial charge >= 0.3 is 0 Å². The molecular weight excluding hydrogens is 276 g/mol. The second-order valence-electron chi connectivity index (χ2n) is 4.44. The molecule has 1 aromatic carbocycles. The fourth-order valence-electron chi connectivity index (χ4n) is 1.91. The van der Waals surface area contributed by atoms with Gasteiger partial charge in [-0.1, -0.05) is 29.8 Å². The predicted octanol–water partition coefficient (Wildman–Crippen LogP) is 3.61. The standard InChI is InChI=1S/C15H15ClN2O2/c1-9-5-4-6-10(2)14(9)18-15(19)11-7-12(16)17-13(8-11)20-3/h4-8H,1-3H3,(H,18,19). The van der Waals surface area contributed by atoms with Gasteiger partial charge in [-0.05, 0) is 31.0 Å². The van der Waals surface area contributed by atoms with Crippen LogP contribution in [0.25, 0.3) is 0 Å². The molecule has 2 aromatic rings. The third-order valence-corrected chi connectivity index (χ3v) is 3.16. The minimum Gasteiger partial charge on any atom is -0.481 e. The van der Waals surface area contributed by atoms with E-state index >= 15 is 0 Å². The van der Waals surface area contributed by atoms with Crippen LogP contribution in [0.15, 0.2) is 30.3 Å². The molecule has 0 bridgehead atoms. The highest BCUT2D eigenvalue weighted by molar-refractivity contribution is 6.30. The quantitative estimate of drug-likeness (QED) is 0.879. The Morgan fingerprint density at radius 3 is 2.50 bits per heavy atom. The van der Waals surface area contributed by atoms with E-state index in [0.29, 0.717) is 11.4 Å². The van der Waals surface area contributed by atoms with Crippen molar-refractivity contribution in [1.29, 1.82) is 0 Å². The number of ether oxygens (including phenoxy) is 1. The van der Waals surface area contributed by atoms with Gasteiger partial charge in [0, 0.05) is 17.3 Å². The Morgan fingerprint density at radius 1 is 1.25 bits per heavy atom. The van der Waals surface area contributed by atoms with Gasteiger partial charge in [-0.2, -0.15) is 0 Å². The van der Waals surface area contributed by atoms with Gasteiger partial charge in [-0.25, -0.2) is 4.98 Å². The van der Waals surface area contributed by atoms with E-state index in [-0.39, 0.29) is 11.1 Å². The molecule has 0 saturated carbocycles. The first-order chi connectivity index (χ1) is 9.51. The maximum absolute atomic E-state index is 12.3. The second-order valence-corrected chi connectivity index (χ2v) is 4.83. The zero-order valence-corrected chi connectivity index (χ0v) is 12.3. The Labute approximate surface area is 122 Å². The van der Waals surface area contributed by atoms with Gasteiger partial charge in [0.15, 0.2) is 0 Å². The van der Waals surface area contributed by atoms with Gasteiger partial charge in [0.2, 0.25) is 5.88 Å². The van der Waals surface area contributed by atoms with E-state index in [4.69, 9.17) is 16.3 Å². The van der Waals surface area contributed by atoms with E-state index in [1.54, 1.807) is 6.07 Å². The van der Waals surface area contributed by atoms with Gasteiger partial charge < -0.3 is 10.1 Å². The summed E-state index contributed by atoms with van der Waals surface area (Å²) in [6, 6.07) is 8.90. The first kappa shape index (κ1) is 14.3. The molecule has 1 heterocycles. The summed E-state index contributed by atoms with van der Waals surface area (Å²) in [6.07, 6.45) is 0. The van der Waals surface area contributed by atoms with Crippen LogP contribution in [0.5, 0.6) is 5.88 Å². The summed E-state index contributed by atoms with van der Waals surface area (Å²) in [5.41, 5.74) is 3.23. The lowest BCUT2D eigenvalue weighted by molar-refractivity contribution is 0.102. The van der Waals surface area contributed by atoms with E-state index in [2.05, 4.69) is 10.3 Å². The highest BCUT2D eigenvalue weighted by Gasteiger charge is 2.12. The SMILES string of the molecule is COc1cc(C(=O)Nc2c(C)cccc2C)cc(Cl)n1. The number of carbonyl (C=O) groups is 1. The Morgan fingerprint density at radius 2 is 1.90 bits per heavy atom. The van der Waals surface area contributed by atoms with Crippen LogP contribution >= 0.6 is 11.6 Å². The molecule has 1 aromatic heterocycles. The number of rotatable bonds is 3. The molecule has 5 heteroatoms. The number of carbonyl (C=O) groups excluding carboxylic acids is 1. The second kappa shape index (κ2) is 5.92. The lowest BCUT2D eigenvalue weighted by Gasteiger charge is -2.12. The Kier molecular flexibility index (Phi) is 4.25. The maximum Gasteiger partial charge on any atom is 0.255 e. The van der Waals surface area contributed by atoms with Crippen LogP contribution in [-0.4, -0.2) is 18.0 Å². The Hall–Kier alpha value is -2.07. The largest absolute Gasteiger partial charge is 0.481 e. The summed E-state index contributed by atoms with van der Waals surface area (Å²) >= 11 is 5.87. The molecule has 0 radical (unpaired) electrons. The van der Waals surface area contributed by atoms with Crippen molar-refractivity contribution < 1.29 is 9.53 Å². The molecule has 0 atom stereocenters. The van der Waals surface area contributed by atoms with Crippen molar-refractivity contribution in [3.8, 4) is 5.88 Å². The topological polar surface area (TPSA) is 51.2 Å². The molecule has 1 amide bonds. The average molecular weight is 291 g/mol. The van der Waals surface area contributed by atoms with Crippen LogP contribution in [0.3, 0.4) is 0 Å². The minimum absolute atomic E-state index is 0.219. The highest BCUT2D eigenvalue weighted by Crippen LogP contribution is 2.22. The number of aromatic nitrogens is 1. The minimum atomic E-state index is -0.245. The fourth-order valence-corrected chi connectivity index (χ4v) is 2.11. The van der Waals surface area contributed by atoms with E-state index in [9.17, 15) is 4.79 Å². The molecule has 0 aliphatic heterocycles. The van der Waals surface area contributed by atoms with Crippen LogP contribution in [0, 0.1) is 13.8 Å². The number of anilines is 1. The van der Waals surface area contributed by atoms with Crippen molar-refractivity contribution in [2.45, 2.75) is 13.8 Å². The third-order valence-electron chi connectivity index (χ3n) is 2.96. The number of methoxy groups -OCH3 is 1. The summed E-state index contributed by atoms with van der Waals surface area (Å²) in [5.74, 6) is 0.0640. The number of nitrogens with one attached hydrogen (secondary N) is 1. The normalized spacial score (nSPS) is 10.2. The van der Waals surface area contributed by atoms with Gasteiger partial charge in [0.25, 0.3) is 5.91 Å². The zero-order chi connectivity index (χ0) is 14.7. The van der Waals surface area contributed by atoms with Crippen molar-refractivity contribution >= 4 is 23.2 Å². The van der Waals surface area contributed by atoms with Crippen LogP contribution in [0.2, 0.25) is 5.15 Å². The summed E-state index contributed by atoms with van der Waals surface area (Å²) in [5, 5.41) is 3.11. The summed E-state index contributed by atoms with van der Waals surface area (Å²) < 4.78 is 5.01. The first-order valence-corrected chi connectivity index (χ1v) is 6.48. The number of para-hydroxylation sites is 1. The fraction of sp³-hybridized carbons (Fsp3) is 0.200. The zero-order valence-electron chi connectivity index (χ0n) is 11.5. The van der Waals surface area contributed by atoms with Gasteiger partial charge in [0.05, 0.1) is 7.11 Å². The summed E-state index contributed by atoms with van der Waals surface area (Å²) in [6.45, 7) is 3.89. The molecular formula is C15H15ClN2O2. The van der Waals surface area contributed by atoms with E-state index < -0.39 is 0 Å². The van der Waals surface area contributed by atoms with Crippen molar-refractivity contribution in [3.05, 3.63) is 52.2 Å².